The van der Waals surface area contributed by atoms with Crippen LogP contribution in [-0.2, 0) is 6.54 Å². The zero-order valence-corrected chi connectivity index (χ0v) is 16.4. The van der Waals surface area contributed by atoms with E-state index in [1.165, 1.54) is 24.8 Å². The summed E-state index contributed by atoms with van der Waals surface area (Å²) in [5, 5.41) is 3.57. The minimum Gasteiger partial charge on any atom is -0.454 e. The van der Waals surface area contributed by atoms with E-state index < -0.39 is 0 Å². The first-order valence-corrected chi connectivity index (χ1v) is 8.04. The maximum atomic E-state index is 5.44. The van der Waals surface area contributed by atoms with Crippen LogP contribution in [0.1, 0.15) is 31.7 Å². The maximum absolute atomic E-state index is 5.44. The van der Waals surface area contributed by atoms with Gasteiger partial charge in [-0.05, 0) is 36.5 Å². The highest BCUT2D eigenvalue weighted by Crippen LogP contribution is 2.35. The molecule has 0 radical (unpaired) electrons. The number of nitrogens with one attached hydrogen (secondary N) is 1. The molecule has 0 amide bonds. The first-order valence-electron chi connectivity index (χ1n) is 8.04. The van der Waals surface area contributed by atoms with Crippen LogP contribution in [0.3, 0.4) is 0 Å². The van der Waals surface area contributed by atoms with Crippen molar-refractivity contribution in [3.05, 3.63) is 23.8 Å². The smallest absolute Gasteiger partial charge is 0.231 e. The largest absolute Gasteiger partial charge is 0.454 e. The first-order chi connectivity index (χ1) is 10.7. The molecule has 5 nitrogen and oxygen atoms in total. The molecule has 2 atom stereocenters. The second kappa shape index (κ2) is 8.08. The summed E-state index contributed by atoms with van der Waals surface area (Å²) in [6, 6.07) is 6.69. The van der Waals surface area contributed by atoms with Crippen LogP contribution in [0.5, 0.6) is 11.5 Å². The predicted octanol–water partition coefficient (Wildman–Crippen LogP) is 3.23. The molecule has 6 heteroatoms. The highest BCUT2D eigenvalue weighted by Gasteiger charge is 2.37. The second-order valence-electron chi connectivity index (χ2n) is 6.13. The summed E-state index contributed by atoms with van der Waals surface area (Å²) in [7, 11) is 3.91. The molecule has 3 rings (SSSR count). The quantitative estimate of drug-likeness (QED) is 0.442. The summed E-state index contributed by atoms with van der Waals surface area (Å²) < 4.78 is 10.8. The SMILES string of the molecule is CCCC1CC1NC(=NC)N(C)Cc1ccc2c(c1)OCO2.I. The van der Waals surface area contributed by atoms with Crippen LogP contribution < -0.4 is 14.8 Å². The molecule has 0 spiro atoms. The van der Waals surface area contributed by atoms with Gasteiger partial charge in [0.2, 0.25) is 6.79 Å². The van der Waals surface area contributed by atoms with Gasteiger partial charge >= 0.3 is 0 Å². The summed E-state index contributed by atoms with van der Waals surface area (Å²) in [4.78, 5) is 6.56. The third kappa shape index (κ3) is 4.43. The summed E-state index contributed by atoms with van der Waals surface area (Å²) in [6.45, 7) is 3.36. The van der Waals surface area contributed by atoms with Crippen LogP contribution in [0.25, 0.3) is 0 Å². The van der Waals surface area contributed by atoms with Crippen LogP contribution in [0.2, 0.25) is 0 Å². The van der Waals surface area contributed by atoms with E-state index in [9.17, 15) is 0 Å². The Balaban J connectivity index is 0.00000192. The van der Waals surface area contributed by atoms with Crippen LogP contribution in [-0.4, -0.2) is 37.8 Å². The lowest BCUT2D eigenvalue weighted by molar-refractivity contribution is 0.174. The topological polar surface area (TPSA) is 46.1 Å². The third-order valence-electron chi connectivity index (χ3n) is 4.33. The van der Waals surface area contributed by atoms with Gasteiger partial charge in [0, 0.05) is 26.7 Å². The number of rotatable bonds is 5. The molecule has 0 aromatic heterocycles. The van der Waals surface area contributed by atoms with Crippen molar-refractivity contribution < 1.29 is 9.47 Å². The molecule has 128 valence electrons. The molecule has 1 saturated carbocycles. The molecule has 1 aromatic rings. The molecule has 1 aliphatic carbocycles. The van der Waals surface area contributed by atoms with Crippen molar-refractivity contribution in [3.63, 3.8) is 0 Å². The zero-order chi connectivity index (χ0) is 15.5. The summed E-state index contributed by atoms with van der Waals surface area (Å²) in [5.74, 6) is 3.44. The number of nitrogens with zero attached hydrogens (tertiary/aromatic N) is 2. The first kappa shape index (κ1) is 18.2. The van der Waals surface area contributed by atoms with E-state index in [-0.39, 0.29) is 24.0 Å². The van der Waals surface area contributed by atoms with Gasteiger partial charge in [0.15, 0.2) is 17.5 Å². The Labute approximate surface area is 155 Å². The fraction of sp³-hybridized carbons (Fsp3) is 0.588. The number of ether oxygens (including phenoxy) is 2. The molecule has 23 heavy (non-hydrogen) atoms. The second-order valence-corrected chi connectivity index (χ2v) is 6.13. The molecule has 1 heterocycles. The van der Waals surface area contributed by atoms with Crippen molar-refractivity contribution in [1.82, 2.24) is 10.2 Å². The Morgan fingerprint density at radius 3 is 2.87 bits per heavy atom. The number of fused-ring (bicyclic) bond motifs is 1. The van der Waals surface area contributed by atoms with Gasteiger partial charge in [-0.15, -0.1) is 24.0 Å². The average molecular weight is 431 g/mol. The Morgan fingerprint density at radius 2 is 2.13 bits per heavy atom. The van der Waals surface area contributed by atoms with Crippen molar-refractivity contribution >= 4 is 29.9 Å². The zero-order valence-electron chi connectivity index (χ0n) is 14.0. The predicted molar refractivity (Wildman–Crippen MR) is 103 cm³/mol. The van der Waals surface area contributed by atoms with Gasteiger partial charge in [-0.25, -0.2) is 0 Å². The monoisotopic (exact) mass is 431 g/mol. The van der Waals surface area contributed by atoms with Crippen LogP contribution in [0.15, 0.2) is 23.2 Å². The number of benzene rings is 1. The Bertz CT molecular complexity index is 565. The van der Waals surface area contributed by atoms with Crippen LogP contribution in [0.4, 0.5) is 0 Å². The number of guanidine groups is 1. The van der Waals surface area contributed by atoms with Crippen molar-refractivity contribution in [2.45, 2.75) is 38.8 Å². The Kier molecular flexibility index (Phi) is 6.38. The number of aliphatic imine (C=N–C) groups is 1. The van der Waals surface area contributed by atoms with Crippen molar-refractivity contribution in [2.24, 2.45) is 10.9 Å². The molecule has 2 aliphatic rings. The fourth-order valence-electron chi connectivity index (χ4n) is 3.01. The highest BCUT2D eigenvalue weighted by molar-refractivity contribution is 14.0. The third-order valence-corrected chi connectivity index (χ3v) is 4.33. The molecule has 1 fully saturated rings. The van der Waals surface area contributed by atoms with Gasteiger partial charge in [-0.3, -0.25) is 4.99 Å². The van der Waals surface area contributed by atoms with Crippen molar-refractivity contribution in [1.29, 1.82) is 0 Å². The van der Waals surface area contributed by atoms with Gasteiger partial charge in [-0.2, -0.15) is 0 Å². The average Bonchev–Trinajstić information content (AvgIpc) is 3.07. The standard InChI is InChI=1S/C17H25N3O2.HI/c1-4-5-13-9-14(13)19-17(18-2)20(3)10-12-6-7-15-16(8-12)22-11-21-15;/h6-8,13-14H,4-5,9-11H2,1-3H3,(H,18,19);1H. The number of halogens is 1. The van der Waals surface area contributed by atoms with E-state index in [2.05, 4.69) is 35.2 Å². The molecule has 0 bridgehead atoms. The lowest BCUT2D eigenvalue weighted by Crippen LogP contribution is -2.40. The molecule has 1 N–H and O–H groups in total. The molecule has 0 saturated heterocycles. The van der Waals surface area contributed by atoms with E-state index in [0.29, 0.717) is 12.8 Å². The fourth-order valence-corrected chi connectivity index (χ4v) is 3.01. The minimum absolute atomic E-state index is 0. The van der Waals surface area contributed by atoms with Crippen LogP contribution >= 0.6 is 24.0 Å². The van der Waals surface area contributed by atoms with Gasteiger partial charge in [0.05, 0.1) is 0 Å². The van der Waals surface area contributed by atoms with E-state index in [0.717, 1.165) is 29.9 Å². The van der Waals surface area contributed by atoms with Crippen molar-refractivity contribution in [3.8, 4) is 11.5 Å². The van der Waals surface area contributed by atoms with E-state index in [1.54, 1.807) is 0 Å². The van der Waals surface area contributed by atoms with Crippen molar-refractivity contribution in [2.75, 3.05) is 20.9 Å². The van der Waals surface area contributed by atoms with Gasteiger partial charge in [0.1, 0.15) is 0 Å². The molecule has 1 aromatic carbocycles. The Hall–Kier alpha value is -1.18. The summed E-state index contributed by atoms with van der Waals surface area (Å²) >= 11 is 0. The van der Waals surface area contributed by atoms with E-state index >= 15 is 0 Å². The Morgan fingerprint density at radius 1 is 1.35 bits per heavy atom. The summed E-state index contributed by atoms with van der Waals surface area (Å²) in [5.41, 5.74) is 1.19. The highest BCUT2D eigenvalue weighted by atomic mass is 127. The molecule has 1 aliphatic heterocycles. The lowest BCUT2D eigenvalue weighted by atomic mass is 10.2. The van der Waals surface area contributed by atoms with E-state index in [4.69, 9.17) is 9.47 Å². The van der Waals surface area contributed by atoms with Crippen LogP contribution in [0, 0.1) is 5.92 Å². The lowest BCUT2D eigenvalue weighted by Gasteiger charge is -2.22. The maximum Gasteiger partial charge on any atom is 0.231 e. The van der Waals surface area contributed by atoms with E-state index in [1.807, 2.05) is 19.2 Å². The number of hydrogen-bond acceptors (Lipinski definition) is 3. The number of hydrogen-bond donors (Lipinski definition) is 1. The minimum atomic E-state index is 0. The van der Waals surface area contributed by atoms with Gasteiger partial charge in [-0.1, -0.05) is 19.4 Å². The molecular formula is C17H26IN3O2. The normalized spacial score (nSPS) is 21.6. The van der Waals surface area contributed by atoms with Gasteiger partial charge in [0.25, 0.3) is 0 Å². The molecule has 2 unspecified atom stereocenters. The van der Waals surface area contributed by atoms with Gasteiger partial charge < -0.3 is 19.7 Å². The summed E-state index contributed by atoms with van der Waals surface area (Å²) in [6.07, 6.45) is 3.83. The molecular weight excluding hydrogens is 405 g/mol.